The van der Waals surface area contributed by atoms with Crippen molar-refractivity contribution in [1.82, 2.24) is 9.78 Å². The Labute approximate surface area is 92.2 Å². The molecule has 88 valence electrons. The molecule has 0 amide bonds. The fourth-order valence-electron chi connectivity index (χ4n) is 1.32. The lowest BCUT2D eigenvalue weighted by Crippen LogP contribution is -2.21. The number of hydrogen-bond acceptors (Lipinski definition) is 5. The summed E-state index contributed by atoms with van der Waals surface area (Å²) in [4.78, 5) is 21.3. The summed E-state index contributed by atoms with van der Waals surface area (Å²) in [7, 11) is 0. The molecule has 0 N–H and O–H groups in total. The van der Waals surface area contributed by atoms with Crippen LogP contribution in [0.4, 0.5) is 5.82 Å². The van der Waals surface area contributed by atoms with Gasteiger partial charge in [-0.1, -0.05) is 0 Å². The molecule has 0 saturated carbocycles. The smallest absolute Gasteiger partial charge is 0.390 e. The average Bonchev–Trinajstić information content (AvgIpc) is 2.60. The molecule has 0 spiro atoms. The Kier molecular flexibility index (Phi) is 3.60. The average molecular weight is 227 g/mol. The molecule has 1 aromatic rings. The van der Waals surface area contributed by atoms with Crippen molar-refractivity contribution in [3.63, 3.8) is 0 Å². The van der Waals surface area contributed by atoms with Crippen LogP contribution in [0.15, 0.2) is 6.07 Å². The number of aromatic nitrogens is 2. The van der Waals surface area contributed by atoms with Crippen LogP contribution < -0.4 is 0 Å². The van der Waals surface area contributed by atoms with Crippen molar-refractivity contribution in [2.75, 3.05) is 6.61 Å². The molecule has 1 aromatic heterocycles. The van der Waals surface area contributed by atoms with E-state index in [1.54, 1.807) is 20.8 Å². The van der Waals surface area contributed by atoms with Crippen molar-refractivity contribution < 1.29 is 14.5 Å². The molecular weight excluding hydrogens is 214 g/mol. The van der Waals surface area contributed by atoms with Crippen LogP contribution in [0.3, 0.4) is 0 Å². The maximum absolute atomic E-state index is 11.4. The van der Waals surface area contributed by atoms with Crippen LogP contribution in [0.1, 0.15) is 25.6 Å². The summed E-state index contributed by atoms with van der Waals surface area (Å²) in [6, 6.07) is 0.657. The first-order valence-electron chi connectivity index (χ1n) is 4.84. The van der Waals surface area contributed by atoms with E-state index in [4.69, 9.17) is 4.74 Å². The summed E-state index contributed by atoms with van der Waals surface area (Å²) in [5, 5.41) is 14.2. The third-order valence-corrected chi connectivity index (χ3v) is 2.09. The topological polar surface area (TPSA) is 87.3 Å². The minimum Gasteiger partial charge on any atom is -0.464 e. The third kappa shape index (κ3) is 2.36. The van der Waals surface area contributed by atoms with Crippen LogP contribution in [-0.2, 0) is 9.53 Å². The van der Waals surface area contributed by atoms with Crippen molar-refractivity contribution in [1.29, 1.82) is 0 Å². The molecule has 0 radical (unpaired) electrons. The summed E-state index contributed by atoms with van der Waals surface area (Å²) < 4.78 is 6.10. The quantitative estimate of drug-likeness (QED) is 0.438. The SMILES string of the molecule is CCOC(=O)[C@@H](C)n1nc([N+](=O)[O-])cc1C. The van der Waals surface area contributed by atoms with Gasteiger partial charge in [0.15, 0.2) is 6.04 Å². The van der Waals surface area contributed by atoms with Crippen LogP contribution >= 0.6 is 0 Å². The van der Waals surface area contributed by atoms with Crippen molar-refractivity contribution in [2.45, 2.75) is 26.8 Å². The van der Waals surface area contributed by atoms with Gasteiger partial charge in [-0.2, -0.15) is 4.68 Å². The highest BCUT2D eigenvalue weighted by Crippen LogP contribution is 2.16. The van der Waals surface area contributed by atoms with Crippen LogP contribution in [0.25, 0.3) is 0 Å². The van der Waals surface area contributed by atoms with Gasteiger partial charge >= 0.3 is 11.8 Å². The number of hydrogen-bond donors (Lipinski definition) is 0. The van der Waals surface area contributed by atoms with E-state index in [-0.39, 0.29) is 12.4 Å². The lowest BCUT2D eigenvalue weighted by molar-refractivity contribution is -0.389. The molecule has 0 bridgehead atoms. The Balaban J connectivity index is 2.95. The van der Waals surface area contributed by atoms with Crippen LogP contribution in [-0.4, -0.2) is 27.3 Å². The van der Waals surface area contributed by atoms with E-state index in [1.165, 1.54) is 10.7 Å². The zero-order chi connectivity index (χ0) is 12.3. The van der Waals surface area contributed by atoms with Crippen molar-refractivity contribution in [2.24, 2.45) is 0 Å². The molecule has 1 atom stereocenters. The lowest BCUT2D eigenvalue weighted by atomic mass is 10.3. The molecular formula is C9H13N3O4. The second-order valence-electron chi connectivity index (χ2n) is 3.27. The molecule has 0 aromatic carbocycles. The van der Waals surface area contributed by atoms with E-state index < -0.39 is 16.9 Å². The number of esters is 1. The molecule has 1 heterocycles. The summed E-state index contributed by atoms with van der Waals surface area (Å²) >= 11 is 0. The highest BCUT2D eigenvalue weighted by atomic mass is 16.6. The lowest BCUT2D eigenvalue weighted by Gasteiger charge is -2.08. The summed E-state index contributed by atoms with van der Waals surface area (Å²) in [6.45, 7) is 5.20. The predicted molar refractivity (Wildman–Crippen MR) is 55.0 cm³/mol. The van der Waals surface area contributed by atoms with Gasteiger partial charge in [0.05, 0.1) is 23.5 Å². The van der Waals surface area contributed by atoms with E-state index in [0.717, 1.165) is 0 Å². The van der Waals surface area contributed by atoms with Crippen LogP contribution in [0, 0.1) is 17.0 Å². The summed E-state index contributed by atoms with van der Waals surface area (Å²) in [6.07, 6.45) is 0. The Morgan fingerprint density at radius 1 is 1.75 bits per heavy atom. The zero-order valence-corrected chi connectivity index (χ0v) is 9.34. The molecule has 0 fully saturated rings. The van der Waals surface area contributed by atoms with E-state index in [9.17, 15) is 14.9 Å². The van der Waals surface area contributed by atoms with Gasteiger partial charge < -0.3 is 14.9 Å². The second kappa shape index (κ2) is 4.73. The number of carbonyl (C=O) groups excluding carboxylic acids is 1. The Morgan fingerprint density at radius 3 is 2.81 bits per heavy atom. The van der Waals surface area contributed by atoms with Gasteiger partial charge in [-0.3, -0.25) is 0 Å². The highest BCUT2D eigenvalue weighted by molar-refractivity contribution is 5.73. The number of nitrogens with zero attached hydrogens (tertiary/aromatic N) is 3. The predicted octanol–water partition coefficient (Wildman–Crippen LogP) is 1.22. The Morgan fingerprint density at radius 2 is 2.38 bits per heavy atom. The minimum absolute atomic E-state index is 0.269. The third-order valence-electron chi connectivity index (χ3n) is 2.09. The number of carbonyl (C=O) groups is 1. The van der Waals surface area contributed by atoms with Crippen molar-refractivity contribution in [3.8, 4) is 0 Å². The summed E-state index contributed by atoms with van der Waals surface area (Å²) in [5.74, 6) is -0.725. The number of rotatable bonds is 4. The maximum Gasteiger partial charge on any atom is 0.390 e. The first kappa shape index (κ1) is 12.2. The van der Waals surface area contributed by atoms with E-state index in [0.29, 0.717) is 5.69 Å². The molecule has 0 aliphatic heterocycles. The number of aryl methyl sites for hydroxylation is 1. The molecule has 0 saturated heterocycles. The second-order valence-corrected chi connectivity index (χ2v) is 3.27. The zero-order valence-electron chi connectivity index (χ0n) is 9.34. The molecule has 0 aliphatic rings. The largest absolute Gasteiger partial charge is 0.464 e. The fourth-order valence-corrected chi connectivity index (χ4v) is 1.32. The molecule has 7 nitrogen and oxygen atoms in total. The number of ether oxygens (including phenoxy) is 1. The van der Waals surface area contributed by atoms with Crippen molar-refractivity contribution in [3.05, 3.63) is 21.9 Å². The van der Waals surface area contributed by atoms with Gasteiger partial charge in [-0.15, -0.1) is 0 Å². The molecule has 16 heavy (non-hydrogen) atoms. The Bertz CT molecular complexity index is 413. The van der Waals surface area contributed by atoms with Gasteiger partial charge in [0.25, 0.3) is 0 Å². The van der Waals surface area contributed by atoms with Crippen LogP contribution in [0.5, 0.6) is 0 Å². The highest BCUT2D eigenvalue weighted by Gasteiger charge is 2.25. The first-order chi connectivity index (χ1) is 7.47. The van der Waals surface area contributed by atoms with Gasteiger partial charge in [0.1, 0.15) is 0 Å². The maximum atomic E-state index is 11.4. The van der Waals surface area contributed by atoms with Gasteiger partial charge in [-0.05, 0) is 25.7 Å². The molecule has 0 unspecified atom stereocenters. The minimum atomic E-state index is -0.659. The fraction of sp³-hybridized carbons (Fsp3) is 0.556. The standard InChI is InChI=1S/C9H13N3O4/c1-4-16-9(13)7(3)11-6(2)5-8(10-11)12(14)15/h5,7H,4H2,1-3H3/t7-/m1/s1. The van der Waals surface area contributed by atoms with E-state index >= 15 is 0 Å². The van der Waals surface area contributed by atoms with E-state index in [2.05, 4.69) is 5.10 Å². The van der Waals surface area contributed by atoms with Crippen molar-refractivity contribution >= 4 is 11.8 Å². The Hall–Kier alpha value is -1.92. The monoisotopic (exact) mass is 227 g/mol. The van der Waals surface area contributed by atoms with E-state index in [1.807, 2.05) is 0 Å². The van der Waals surface area contributed by atoms with Gasteiger partial charge in [0, 0.05) is 0 Å². The van der Waals surface area contributed by atoms with Gasteiger partial charge in [-0.25, -0.2) is 4.79 Å². The molecule has 1 rings (SSSR count). The molecule has 7 heteroatoms. The van der Waals surface area contributed by atoms with Gasteiger partial charge in [0.2, 0.25) is 0 Å². The number of nitro groups is 1. The van der Waals surface area contributed by atoms with Crippen LogP contribution in [0.2, 0.25) is 0 Å². The first-order valence-corrected chi connectivity index (χ1v) is 4.84. The molecule has 0 aliphatic carbocycles. The normalized spacial score (nSPS) is 12.2. The summed E-state index contributed by atoms with van der Waals surface area (Å²) in [5.41, 5.74) is 0.548.